The van der Waals surface area contributed by atoms with Crippen molar-refractivity contribution in [1.29, 1.82) is 0 Å². The van der Waals surface area contributed by atoms with Crippen molar-refractivity contribution < 1.29 is 4.92 Å². The lowest BCUT2D eigenvalue weighted by Gasteiger charge is -2.02. The first-order chi connectivity index (χ1) is 8.97. The number of H-pyrrole nitrogens is 1. The molecule has 0 fully saturated rings. The molecule has 8 heteroatoms. The van der Waals surface area contributed by atoms with Gasteiger partial charge in [-0.05, 0) is 23.5 Å². The molecule has 8 nitrogen and oxygen atoms in total. The largest absolute Gasteiger partial charge is 0.437 e. The van der Waals surface area contributed by atoms with Crippen LogP contribution >= 0.6 is 0 Å². The SMILES string of the molecule is Cc1ccc(Cc2c(N)nc([N+](=O)[O-])[nH]c2=O)cn1. The van der Waals surface area contributed by atoms with Crippen LogP contribution in [0.3, 0.4) is 0 Å². The summed E-state index contributed by atoms with van der Waals surface area (Å²) >= 11 is 0. The van der Waals surface area contributed by atoms with Gasteiger partial charge in [-0.2, -0.15) is 0 Å². The molecule has 2 rings (SSSR count). The van der Waals surface area contributed by atoms with Gasteiger partial charge in [0.1, 0.15) is 0 Å². The first-order valence-corrected chi connectivity index (χ1v) is 5.42. The highest BCUT2D eigenvalue weighted by Crippen LogP contribution is 2.12. The Labute approximate surface area is 107 Å². The normalized spacial score (nSPS) is 10.4. The summed E-state index contributed by atoms with van der Waals surface area (Å²) in [5, 5.41) is 10.5. The van der Waals surface area contributed by atoms with Crippen LogP contribution in [0, 0.1) is 17.0 Å². The molecule has 2 aromatic heterocycles. The summed E-state index contributed by atoms with van der Waals surface area (Å²) in [6.07, 6.45) is 1.84. The summed E-state index contributed by atoms with van der Waals surface area (Å²) < 4.78 is 0. The quantitative estimate of drug-likeness (QED) is 0.613. The van der Waals surface area contributed by atoms with E-state index in [0.29, 0.717) is 0 Å². The number of nitrogens with one attached hydrogen (secondary N) is 1. The summed E-state index contributed by atoms with van der Waals surface area (Å²) in [6, 6.07) is 3.61. The summed E-state index contributed by atoms with van der Waals surface area (Å²) in [5.74, 6) is -0.802. The van der Waals surface area contributed by atoms with Gasteiger partial charge in [0.25, 0.3) is 0 Å². The van der Waals surface area contributed by atoms with Crippen molar-refractivity contribution in [3.63, 3.8) is 0 Å². The minimum Gasteiger partial charge on any atom is -0.390 e. The maximum atomic E-state index is 11.7. The van der Waals surface area contributed by atoms with E-state index in [1.807, 2.05) is 13.0 Å². The minimum absolute atomic E-state index is 0.143. The molecule has 2 heterocycles. The van der Waals surface area contributed by atoms with Crippen molar-refractivity contribution in [2.75, 3.05) is 5.73 Å². The van der Waals surface area contributed by atoms with Gasteiger partial charge in [-0.25, -0.2) is 4.98 Å². The monoisotopic (exact) mass is 261 g/mol. The van der Waals surface area contributed by atoms with E-state index in [1.54, 1.807) is 12.3 Å². The van der Waals surface area contributed by atoms with Crippen LogP contribution in [-0.2, 0) is 6.42 Å². The molecule has 0 radical (unpaired) electrons. The van der Waals surface area contributed by atoms with E-state index in [4.69, 9.17) is 5.73 Å². The summed E-state index contributed by atoms with van der Waals surface area (Å²) in [5.41, 5.74) is 6.79. The third-order valence-electron chi connectivity index (χ3n) is 2.56. The standard InChI is InChI=1S/C11H11N5O3/c1-6-2-3-7(5-13-6)4-8-9(12)14-11(16(18)19)15-10(8)17/h2-3,5H,4H2,1H3,(H3,12,14,15,17). The average molecular weight is 261 g/mol. The van der Waals surface area contributed by atoms with Crippen molar-refractivity contribution in [2.45, 2.75) is 13.3 Å². The molecule has 0 saturated carbocycles. The Kier molecular flexibility index (Phi) is 3.23. The zero-order valence-corrected chi connectivity index (χ0v) is 10.1. The van der Waals surface area contributed by atoms with Gasteiger partial charge >= 0.3 is 11.5 Å². The lowest BCUT2D eigenvalue weighted by molar-refractivity contribution is -0.394. The van der Waals surface area contributed by atoms with E-state index < -0.39 is 16.4 Å². The van der Waals surface area contributed by atoms with Crippen molar-refractivity contribution in [1.82, 2.24) is 15.0 Å². The van der Waals surface area contributed by atoms with Crippen LogP contribution in [0.5, 0.6) is 0 Å². The fraction of sp³-hybridized carbons (Fsp3) is 0.182. The lowest BCUT2D eigenvalue weighted by atomic mass is 10.1. The van der Waals surface area contributed by atoms with E-state index in [9.17, 15) is 14.9 Å². The number of pyridine rings is 1. The van der Waals surface area contributed by atoms with Gasteiger partial charge in [0.2, 0.25) is 5.82 Å². The molecular weight excluding hydrogens is 250 g/mol. The zero-order chi connectivity index (χ0) is 14.0. The molecule has 98 valence electrons. The Hall–Kier alpha value is -2.77. The number of nitrogen functional groups attached to an aromatic ring is 1. The topological polar surface area (TPSA) is 128 Å². The fourth-order valence-corrected chi connectivity index (χ4v) is 1.57. The number of aromatic amines is 1. The van der Waals surface area contributed by atoms with E-state index in [2.05, 4.69) is 15.0 Å². The van der Waals surface area contributed by atoms with Crippen molar-refractivity contribution >= 4 is 11.8 Å². The van der Waals surface area contributed by atoms with Crippen LogP contribution in [0.1, 0.15) is 16.8 Å². The number of anilines is 1. The Morgan fingerprint density at radius 2 is 2.21 bits per heavy atom. The maximum Gasteiger partial charge on any atom is 0.437 e. The van der Waals surface area contributed by atoms with Crippen molar-refractivity contribution in [3.8, 4) is 0 Å². The van der Waals surface area contributed by atoms with Crippen LogP contribution in [0.25, 0.3) is 0 Å². The highest BCUT2D eigenvalue weighted by Gasteiger charge is 2.17. The second kappa shape index (κ2) is 4.84. The molecule has 0 saturated heterocycles. The van der Waals surface area contributed by atoms with E-state index >= 15 is 0 Å². The molecule has 0 aliphatic carbocycles. The Morgan fingerprint density at radius 3 is 2.74 bits per heavy atom. The molecular formula is C11H11N5O3. The molecule has 0 aliphatic rings. The second-order valence-corrected chi connectivity index (χ2v) is 4.00. The van der Waals surface area contributed by atoms with Gasteiger partial charge in [0, 0.05) is 18.3 Å². The van der Waals surface area contributed by atoms with Crippen LogP contribution in [0.4, 0.5) is 11.8 Å². The molecule has 0 spiro atoms. The molecule has 3 N–H and O–H groups in total. The molecule has 0 bridgehead atoms. The van der Waals surface area contributed by atoms with Crippen LogP contribution < -0.4 is 11.3 Å². The highest BCUT2D eigenvalue weighted by atomic mass is 16.6. The summed E-state index contributed by atoms with van der Waals surface area (Å²) in [4.78, 5) is 31.2. The maximum absolute atomic E-state index is 11.7. The molecule has 19 heavy (non-hydrogen) atoms. The molecule has 0 aliphatic heterocycles. The van der Waals surface area contributed by atoms with Crippen molar-refractivity contribution in [2.24, 2.45) is 0 Å². The van der Waals surface area contributed by atoms with Crippen molar-refractivity contribution in [3.05, 3.63) is 55.6 Å². The number of nitrogens with zero attached hydrogens (tertiary/aromatic N) is 3. The Balaban J connectivity index is 2.38. The fourth-order valence-electron chi connectivity index (χ4n) is 1.57. The third kappa shape index (κ3) is 2.73. The second-order valence-electron chi connectivity index (χ2n) is 4.00. The number of aromatic nitrogens is 3. The smallest absolute Gasteiger partial charge is 0.390 e. The van der Waals surface area contributed by atoms with Gasteiger partial charge in [-0.1, -0.05) is 11.1 Å². The Bertz CT molecular complexity index is 678. The number of nitro groups is 1. The van der Waals surface area contributed by atoms with Crippen LogP contribution in [-0.4, -0.2) is 19.9 Å². The van der Waals surface area contributed by atoms with Gasteiger partial charge in [0.05, 0.1) is 5.56 Å². The number of rotatable bonds is 3. The van der Waals surface area contributed by atoms with Gasteiger partial charge < -0.3 is 15.8 Å². The lowest BCUT2D eigenvalue weighted by Crippen LogP contribution is -2.19. The van der Waals surface area contributed by atoms with E-state index in [0.717, 1.165) is 11.3 Å². The number of hydrogen-bond donors (Lipinski definition) is 2. The first kappa shape index (κ1) is 12.7. The number of aryl methyl sites for hydroxylation is 1. The minimum atomic E-state index is -0.797. The first-order valence-electron chi connectivity index (χ1n) is 5.42. The summed E-state index contributed by atoms with van der Waals surface area (Å²) in [7, 11) is 0. The van der Waals surface area contributed by atoms with Gasteiger partial charge in [-0.3, -0.25) is 9.78 Å². The molecule has 0 unspecified atom stereocenters. The number of nitrogens with two attached hydrogens (primary N) is 1. The van der Waals surface area contributed by atoms with Crippen LogP contribution in [0.15, 0.2) is 23.1 Å². The predicted octanol–water partition coefficient (Wildman–Crippen LogP) is 0.555. The van der Waals surface area contributed by atoms with Crippen LogP contribution in [0.2, 0.25) is 0 Å². The predicted molar refractivity (Wildman–Crippen MR) is 67.7 cm³/mol. The van der Waals surface area contributed by atoms with Gasteiger partial charge in [-0.15, -0.1) is 0 Å². The van der Waals surface area contributed by atoms with Gasteiger partial charge in [0.15, 0.2) is 0 Å². The third-order valence-corrected chi connectivity index (χ3v) is 2.56. The highest BCUT2D eigenvalue weighted by molar-refractivity contribution is 5.42. The van der Waals surface area contributed by atoms with E-state index in [-0.39, 0.29) is 17.8 Å². The summed E-state index contributed by atoms with van der Waals surface area (Å²) in [6.45, 7) is 1.85. The average Bonchev–Trinajstić information content (AvgIpc) is 2.35. The molecule has 2 aromatic rings. The van der Waals surface area contributed by atoms with E-state index in [1.165, 1.54) is 0 Å². The molecule has 0 amide bonds. The molecule has 0 aromatic carbocycles. The molecule has 0 atom stereocenters. The Morgan fingerprint density at radius 1 is 1.47 bits per heavy atom. The zero-order valence-electron chi connectivity index (χ0n) is 10.1. The number of hydrogen-bond acceptors (Lipinski definition) is 6.